The number of carbonyl (C=O) groups excluding carboxylic acids is 1. The first-order valence-electron chi connectivity index (χ1n) is 7.93. The molecule has 7 heteroatoms. The molecule has 24 heavy (non-hydrogen) atoms. The largest absolute Gasteiger partial charge is 0.355 e. The quantitative estimate of drug-likeness (QED) is 0.793. The fourth-order valence-corrected chi connectivity index (χ4v) is 4.71. The summed E-state index contributed by atoms with van der Waals surface area (Å²) < 4.78 is 27.3. The molecule has 1 saturated carbocycles. The third kappa shape index (κ3) is 3.32. The highest BCUT2D eigenvalue weighted by atomic mass is 32.2. The lowest BCUT2D eigenvalue weighted by molar-refractivity contribution is -0.123. The summed E-state index contributed by atoms with van der Waals surface area (Å²) in [4.78, 5) is 12.3. The van der Waals surface area contributed by atoms with Gasteiger partial charge in [0.15, 0.2) is 0 Å². The van der Waals surface area contributed by atoms with Gasteiger partial charge in [0.1, 0.15) is 4.21 Å². The average molecular weight is 364 g/mol. The van der Waals surface area contributed by atoms with E-state index in [1.165, 1.54) is 11.3 Å². The van der Waals surface area contributed by atoms with Crippen LogP contribution in [0, 0.1) is 0 Å². The molecule has 1 heterocycles. The van der Waals surface area contributed by atoms with Crippen LogP contribution >= 0.6 is 11.3 Å². The van der Waals surface area contributed by atoms with E-state index in [0.717, 1.165) is 24.8 Å². The van der Waals surface area contributed by atoms with Crippen LogP contribution in [0.2, 0.25) is 0 Å². The van der Waals surface area contributed by atoms with Gasteiger partial charge >= 0.3 is 0 Å². The smallest absolute Gasteiger partial charge is 0.271 e. The van der Waals surface area contributed by atoms with E-state index in [2.05, 4.69) is 10.0 Å². The molecule has 1 amide bonds. The predicted molar refractivity (Wildman–Crippen MR) is 95.8 cm³/mol. The second-order valence-corrected chi connectivity index (χ2v) is 8.81. The van der Waals surface area contributed by atoms with Crippen molar-refractivity contribution in [2.24, 2.45) is 0 Å². The predicted octanol–water partition coefficient (Wildman–Crippen LogP) is 3.11. The van der Waals surface area contributed by atoms with Crippen molar-refractivity contribution in [3.8, 4) is 0 Å². The van der Waals surface area contributed by atoms with Gasteiger partial charge in [-0.3, -0.25) is 9.52 Å². The number of sulfonamides is 1. The first kappa shape index (κ1) is 17.0. The van der Waals surface area contributed by atoms with Crippen LogP contribution in [0.3, 0.4) is 0 Å². The molecule has 0 saturated heterocycles. The highest BCUT2D eigenvalue weighted by Crippen LogP contribution is 2.48. The average Bonchev–Trinajstić information content (AvgIpc) is 3.17. The normalized spacial score (nSPS) is 15.7. The van der Waals surface area contributed by atoms with Gasteiger partial charge < -0.3 is 5.32 Å². The second-order valence-electron chi connectivity index (χ2n) is 5.95. The van der Waals surface area contributed by atoms with Gasteiger partial charge in [-0.1, -0.05) is 25.1 Å². The maximum atomic E-state index is 12.3. The molecule has 0 aliphatic heterocycles. The minimum atomic E-state index is -3.54. The van der Waals surface area contributed by atoms with Gasteiger partial charge in [0.25, 0.3) is 10.0 Å². The molecule has 2 aromatic rings. The second kappa shape index (κ2) is 6.57. The van der Waals surface area contributed by atoms with E-state index in [9.17, 15) is 13.2 Å². The molecular formula is C17H20N2O3S2. The molecule has 1 fully saturated rings. The van der Waals surface area contributed by atoms with Gasteiger partial charge in [-0.2, -0.15) is 0 Å². The Morgan fingerprint density at radius 2 is 1.92 bits per heavy atom. The van der Waals surface area contributed by atoms with Crippen molar-refractivity contribution in [1.29, 1.82) is 0 Å². The Balaban J connectivity index is 1.73. The lowest BCUT2D eigenvalue weighted by atomic mass is 9.95. The van der Waals surface area contributed by atoms with Gasteiger partial charge in [-0.05, 0) is 48.4 Å². The van der Waals surface area contributed by atoms with Crippen molar-refractivity contribution >= 4 is 33.0 Å². The van der Waals surface area contributed by atoms with Crippen LogP contribution in [0.25, 0.3) is 0 Å². The van der Waals surface area contributed by atoms with Crippen LogP contribution in [0.5, 0.6) is 0 Å². The molecule has 0 radical (unpaired) electrons. The number of nitrogens with one attached hydrogen (secondary N) is 2. The standard InChI is InChI=1S/C17H20N2O3S2/c1-2-11-18-16(20)17(9-10-17)13-5-7-14(8-6-13)19-24(21,22)15-4-3-12-23-15/h3-8,12,19H,2,9-11H2,1H3,(H,18,20). The zero-order valence-corrected chi connectivity index (χ0v) is 15.0. The Morgan fingerprint density at radius 3 is 2.46 bits per heavy atom. The summed E-state index contributed by atoms with van der Waals surface area (Å²) >= 11 is 1.17. The van der Waals surface area contributed by atoms with Crippen LogP contribution in [0.1, 0.15) is 31.7 Å². The van der Waals surface area contributed by atoms with E-state index >= 15 is 0 Å². The third-order valence-electron chi connectivity index (χ3n) is 4.17. The molecule has 0 atom stereocenters. The van der Waals surface area contributed by atoms with E-state index < -0.39 is 15.4 Å². The summed E-state index contributed by atoms with van der Waals surface area (Å²) in [5, 5.41) is 4.68. The maximum absolute atomic E-state index is 12.3. The summed E-state index contributed by atoms with van der Waals surface area (Å²) in [6, 6.07) is 10.4. The summed E-state index contributed by atoms with van der Waals surface area (Å²) in [5.74, 6) is 0.0660. The molecule has 0 bridgehead atoms. The Kier molecular flexibility index (Phi) is 4.64. The summed E-state index contributed by atoms with van der Waals surface area (Å²) in [6.07, 6.45) is 2.58. The van der Waals surface area contributed by atoms with Crippen molar-refractivity contribution in [3.05, 3.63) is 47.3 Å². The van der Waals surface area contributed by atoms with Gasteiger partial charge in [-0.25, -0.2) is 8.42 Å². The zero-order chi connectivity index (χ0) is 17.2. The fourth-order valence-electron chi connectivity index (χ4n) is 2.66. The molecule has 1 aromatic carbocycles. The molecule has 1 aromatic heterocycles. The molecule has 0 spiro atoms. The van der Waals surface area contributed by atoms with Crippen molar-refractivity contribution in [2.45, 2.75) is 35.8 Å². The molecule has 5 nitrogen and oxygen atoms in total. The van der Waals surface area contributed by atoms with E-state index in [1.54, 1.807) is 29.6 Å². The number of hydrogen-bond donors (Lipinski definition) is 2. The topological polar surface area (TPSA) is 75.3 Å². The monoisotopic (exact) mass is 364 g/mol. The highest BCUT2D eigenvalue weighted by Gasteiger charge is 2.50. The van der Waals surface area contributed by atoms with Crippen molar-refractivity contribution in [1.82, 2.24) is 5.32 Å². The Bertz CT molecular complexity index is 808. The lowest BCUT2D eigenvalue weighted by Crippen LogP contribution is -2.35. The Hall–Kier alpha value is -1.86. The molecule has 3 rings (SSSR count). The SMILES string of the molecule is CCCNC(=O)C1(c2ccc(NS(=O)(=O)c3cccs3)cc2)CC1. The van der Waals surface area contributed by atoms with Crippen molar-refractivity contribution in [3.63, 3.8) is 0 Å². The van der Waals surface area contributed by atoms with Gasteiger partial charge in [0.05, 0.1) is 5.41 Å². The summed E-state index contributed by atoms with van der Waals surface area (Å²) in [6.45, 7) is 2.70. The Labute approximate surface area is 146 Å². The first-order valence-corrected chi connectivity index (χ1v) is 10.3. The number of anilines is 1. The zero-order valence-electron chi connectivity index (χ0n) is 13.4. The Morgan fingerprint density at radius 1 is 1.21 bits per heavy atom. The fraction of sp³-hybridized carbons (Fsp3) is 0.353. The van der Waals surface area contributed by atoms with E-state index in [0.29, 0.717) is 12.2 Å². The third-order valence-corrected chi connectivity index (χ3v) is 6.95. The number of amides is 1. The lowest BCUT2D eigenvalue weighted by Gasteiger charge is -2.16. The van der Waals surface area contributed by atoms with Crippen LogP contribution in [-0.2, 0) is 20.2 Å². The molecule has 1 aliphatic rings. The summed E-state index contributed by atoms with van der Waals surface area (Å²) in [7, 11) is -3.54. The van der Waals surface area contributed by atoms with Gasteiger partial charge in [-0.15, -0.1) is 11.3 Å². The number of thiophene rings is 1. The van der Waals surface area contributed by atoms with Crippen LogP contribution < -0.4 is 10.0 Å². The first-order chi connectivity index (χ1) is 11.5. The number of benzene rings is 1. The van der Waals surface area contributed by atoms with Crippen LogP contribution in [-0.4, -0.2) is 20.9 Å². The maximum Gasteiger partial charge on any atom is 0.271 e. The van der Waals surface area contributed by atoms with Gasteiger partial charge in [0.2, 0.25) is 5.91 Å². The minimum absolute atomic E-state index is 0.0660. The van der Waals surface area contributed by atoms with Crippen LogP contribution in [0.4, 0.5) is 5.69 Å². The molecule has 1 aliphatic carbocycles. The number of rotatable bonds is 7. The molecular weight excluding hydrogens is 344 g/mol. The van der Waals surface area contributed by atoms with Crippen molar-refractivity contribution in [2.75, 3.05) is 11.3 Å². The number of hydrogen-bond acceptors (Lipinski definition) is 4. The molecule has 128 valence electrons. The number of carbonyl (C=O) groups is 1. The van der Waals surface area contributed by atoms with E-state index in [1.807, 2.05) is 19.1 Å². The molecule has 0 unspecified atom stereocenters. The van der Waals surface area contributed by atoms with E-state index in [4.69, 9.17) is 0 Å². The highest BCUT2D eigenvalue weighted by molar-refractivity contribution is 7.94. The van der Waals surface area contributed by atoms with Crippen molar-refractivity contribution < 1.29 is 13.2 Å². The summed E-state index contributed by atoms with van der Waals surface area (Å²) in [5.41, 5.74) is 1.01. The van der Waals surface area contributed by atoms with Crippen LogP contribution in [0.15, 0.2) is 46.0 Å². The van der Waals surface area contributed by atoms with Gasteiger partial charge in [0, 0.05) is 12.2 Å². The minimum Gasteiger partial charge on any atom is -0.355 e. The molecule has 2 N–H and O–H groups in total. The van der Waals surface area contributed by atoms with E-state index in [-0.39, 0.29) is 10.1 Å².